The van der Waals surface area contributed by atoms with Crippen LogP contribution in [0.1, 0.15) is 31.3 Å². The first-order chi connectivity index (χ1) is 10.6. The Morgan fingerprint density at radius 2 is 1.70 bits per heavy atom. The number of rotatable bonds is 6. The summed E-state index contributed by atoms with van der Waals surface area (Å²) in [6.07, 6.45) is -0.741. The lowest BCUT2D eigenvalue weighted by atomic mass is 10.0. The van der Waals surface area contributed by atoms with Gasteiger partial charge in [0.1, 0.15) is 11.1 Å². The highest BCUT2D eigenvalue weighted by molar-refractivity contribution is 5.93. The summed E-state index contributed by atoms with van der Waals surface area (Å²) in [6, 6.07) is 2.64. The number of nitrogens with one attached hydrogen (secondary N) is 2. The van der Waals surface area contributed by atoms with Crippen molar-refractivity contribution in [1.82, 2.24) is 5.32 Å². The fourth-order valence-electron chi connectivity index (χ4n) is 1.50. The predicted octanol–water partition coefficient (Wildman–Crippen LogP) is 0.0721. The van der Waals surface area contributed by atoms with Crippen molar-refractivity contribution >= 4 is 17.9 Å². The molecule has 1 aromatic heterocycles. The van der Waals surface area contributed by atoms with Crippen molar-refractivity contribution in [1.29, 1.82) is 0 Å². The van der Waals surface area contributed by atoms with Gasteiger partial charge in [-0.15, -0.1) is 0 Å². The number of carbonyl (C=O) groups excluding carboxylic acids is 2. The maximum Gasteiger partial charge on any atom is 0.414 e. The second kappa shape index (κ2) is 7.44. The van der Waals surface area contributed by atoms with Crippen molar-refractivity contribution in [2.24, 2.45) is 0 Å². The lowest BCUT2D eigenvalue weighted by molar-refractivity contribution is 0.0364. The normalized spacial score (nSPS) is 11.9. The topological polar surface area (TPSA) is 141 Å². The Morgan fingerprint density at radius 3 is 2.17 bits per heavy atom. The Labute approximate surface area is 133 Å². The van der Waals surface area contributed by atoms with Crippen molar-refractivity contribution in [3.8, 4) is 0 Å². The van der Waals surface area contributed by atoms with Gasteiger partial charge in [-0.2, -0.15) is 0 Å². The van der Waals surface area contributed by atoms with Crippen molar-refractivity contribution in [2.45, 2.75) is 31.9 Å². The molecule has 1 heterocycles. The van der Waals surface area contributed by atoms with Crippen LogP contribution in [-0.4, -0.2) is 58.3 Å². The number of amides is 2. The Bertz CT molecular complexity index is 535. The van der Waals surface area contributed by atoms with Gasteiger partial charge in [0.25, 0.3) is 5.91 Å². The molecule has 23 heavy (non-hydrogen) atoms. The molecule has 9 nitrogen and oxygen atoms in total. The van der Waals surface area contributed by atoms with E-state index in [1.807, 2.05) is 0 Å². The molecule has 1 rings (SSSR count). The summed E-state index contributed by atoms with van der Waals surface area (Å²) in [5, 5.41) is 32.1. The average molecular weight is 330 g/mol. The maximum atomic E-state index is 12.0. The zero-order valence-electron chi connectivity index (χ0n) is 13.3. The van der Waals surface area contributed by atoms with E-state index in [1.54, 1.807) is 20.8 Å². The summed E-state index contributed by atoms with van der Waals surface area (Å²) in [7, 11) is 0. The van der Waals surface area contributed by atoms with Gasteiger partial charge in [0.2, 0.25) is 5.88 Å². The van der Waals surface area contributed by atoms with E-state index in [9.17, 15) is 9.59 Å². The second-order valence-electron chi connectivity index (χ2n) is 6.00. The summed E-state index contributed by atoms with van der Waals surface area (Å²) in [5.74, 6) is -0.942. The minimum absolute atomic E-state index is 0.00741. The van der Waals surface area contributed by atoms with Gasteiger partial charge in [0.15, 0.2) is 5.76 Å². The smallest absolute Gasteiger partial charge is 0.414 e. The molecule has 130 valence electrons. The Hall–Kier alpha value is -2.10. The molecule has 0 saturated heterocycles. The molecule has 2 amide bonds. The Balaban J connectivity index is 2.72. The van der Waals surface area contributed by atoms with Gasteiger partial charge in [0, 0.05) is 6.07 Å². The third-order valence-electron chi connectivity index (χ3n) is 2.74. The van der Waals surface area contributed by atoms with Crippen molar-refractivity contribution < 1.29 is 34.1 Å². The van der Waals surface area contributed by atoms with Gasteiger partial charge in [-0.1, -0.05) is 0 Å². The summed E-state index contributed by atoms with van der Waals surface area (Å²) < 4.78 is 10.2. The molecule has 5 N–H and O–H groups in total. The lowest BCUT2D eigenvalue weighted by Crippen LogP contribution is -2.56. The Kier molecular flexibility index (Phi) is 6.13. The van der Waals surface area contributed by atoms with Crippen molar-refractivity contribution in [3.63, 3.8) is 0 Å². The SMILES string of the molecule is CC(C)(C)OC(=O)Nc1ccc(C(=O)NC(CO)(CO)CO)o1. The molecule has 0 fully saturated rings. The number of hydrogen-bond acceptors (Lipinski definition) is 7. The van der Waals surface area contributed by atoms with Crippen LogP contribution in [0.5, 0.6) is 0 Å². The van der Waals surface area contributed by atoms with E-state index in [-0.39, 0.29) is 11.6 Å². The van der Waals surface area contributed by atoms with Gasteiger partial charge < -0.3 is 29.8 Å². The minimum atomic E-state index is -1.57. The largest absolute Gasteiger partial charge is 0.444 e. The van der Waals surface area contributed by atoms with Crippen LogP contribution >= 0.6 is 0 Å². The highest BCUT2D eigenvalue weighted by Gasteiger charge is 2.31. The molecule has 0 spiro atoms. The Morgan fingerprint density at radius 1 is 1.13 bits per heavy atom. The first-order valence-electron chi connectivity index (χ1n) is 6.89. The zero-order valence-corrected chi connectivity index (χ0v) is 13.3. The van der Waals surface area contributed by atoms with Gasteiger partial charge >= 0.3 is 6.09 Å². The van der Waals surface area contributed by atoms with Crippen LogP contribution < -0.4 is 10.6 Å². The minimum Gasteiger partial charge on any atom is -0.444 e. The molecule has 0 radical (unpaired) electrons. The van der Waals surface area contributed by atoms with Gasteiger partial charge in [0.05, 0.1) is 19.8 Å². The monoisotopic (exact) mass is 330 g/mol. The molecule has 0 aliphatic carbocycles. The van der Waals surface area contributed by atoms with Crippen LogP contribution in [0, 0.1) is 0 Å². The summed E-state index contributed by atoms with van der Waals surface area (Å²) in [5.41, 5.74) is -2.25. The van der Waals surface area contributed by atoms with Crippen LogP contribution in [0.4, 0.5) is 10.7 Å². The molecule has 0 bridgehead atoms. The molecule has 9 heteroatoms. The molecule has 0 aromatic carbocycles. The number of aliphatic hydroxyl groups excluding tert-OH is 3. The number of carbonyl (C=O) groups is 2. The third kappa shape index (κ3) is 5.55. The number of ether oxygens (including phenoxy) is 1. The first-order valence-corrected chi connectivity index (χ1v) is 6.89. The summed E-state index contributed by atoms with van der Waals surface area (Å²) in [4.78, 5) is 23.6. The van der Waals surface area contributed by atoms with E-state index in [0.717, 1.165) is 0 Å². The molecule has 0 aliphatic heterocycles. The van der Waals surface area contributed by atoms with Crippen LogP contribution in [-0.2, 0) is 4.74 Å². The lowest BCUT2D eigenvalue weighted by Gasteiger charge is -2.28. The maximum absolute atomic E-state index is 12.0. The zero-order chi connectivity index (χ0) is 17.7. The van der Waals surface area contributed by atoms with Gasteiger partial charge in [-0.05, 0) is 26.8 Å². The number of anilines is 1. The van der Waals surface area contributed by atoms with E-state index in [0.29, 0.717) is 0 Å². The van der Waals surface area contributed by atoms with Crippen LogP contribution in [0.2, 0.25) is 0 Å². The number of furan rings is 1. The molecule has 0 unspecified atom stereocenters. The first kappa shape index (κ1) is 18.9. The second-order valence-corrected chi connectivity index (χ2v) is 6.00. The van der Waals surface area contributed by atoms with Gasteiger partial charge in [-0.3, -0.25) is 10.1 Å². The quantitative estimate of drug-likeness (QED) is 0.497. The molecule has 0 atom stereocenters. The fourth-order valence-corrected chi connectivity index (χ4v) is 1.50. The van der Waals surface area contributed by atoms with E-state index in [1.165, 1.54) is 12.1 Å². The molecular formula is C14H22N2O7. The van der Waals surface area contributed by atoms with E-state index in [4.69, 9.17) is 24.5 Å². The number of hydrogen-bond donors (Lipinski definition) is 5. The standard InChI is InChI=1S/C14H22N2O7/c1-13(2,3)23-12(21)15-10-5-4-9(22-10)11(20)16-14(6-17,7-18)8-19/h4-5,17-19H,6-8H2,1-3H3,(H,15,21)(H,16,20). The molecule has 0 saturated carbocycles. The summed E-state index contributed by atoms with van der Waals surface area (Å²) in [6.45, 7) is 3.13. The van der Waals surface area contributed by atoms with E-state index < -0.39 is 43.0 Å². The average Bonchev–Trinajstić information content (AvgIpc) is 2.91. The predicted molar refractivity (Wildman–Crippen MR) is 80.0 cm³/mol. The van der Waals surface area contributed by atoms with E-state index >= 15 is 0 Å². The molecular weight excluding hydrogens is 308 g/mol. The van der Waals surface area contributed by atoms with Gasteiger partial charge in [-0.25, -0.2) is 4.79 Å². The summed E-state index contributed by atoms with van der Waals surface area (Å²) >= 11 is 0. The molecule has 1 aromatic rings. The highest BCUT2D eigenvalue weighted by atomic mass is 16.6. The van der Waals surface area contributed by atoms with Crippen LogP contribution in [0.15, 0.2) is 16.5 Å². The van der Waals surface area contributed by atoms with Crippen molar-refractivity contribution in [3.05, 3.63) is 17.9 Å². The third-order valence-corrected chi connectivity index (χ3v) is 2.74. The van der Waals surface area contributed by atoms with Crippen LogP contribution in [0.3, 0.4) is 0 Å². The van der Waals surface area contributed by atoms with E-state index in [2.05, 4.69) is 10.6 Å². The highest BCUT2D eigenvalue weighted by Crippen LogP contribution is 2.16. The molecule has 0 aliphatic rings. The van der Waals surface area contributed by atoms with Crippen molar-refractivity contribution in [2.75, 3.05) is 25.1 Å². The number of aliphatic hydroxyl groups is 3. The van der Waals surface area contributed by atoms with Crippen LogP contribution in [0.25, 0.3) is 0 Å². The fraction of sp³-hybridized carbons (Fsp3) is 0.571.